The summed E-state index contributed by atoms with van der Waals surface area (Å²) in [5.74, 6) is -2.51. The zero-order valence-corrected chi connectivity index (χ0v) is 12.5. The molecule has 1 heterocycles. The third-order valence-electron chi connectivity index (χ3n) is 3.73. The monoisotopic (exact) mass is 311 g/mol. The van der Waals surface area contributed by atoms with Crippen LogP contribution in [0.1, 0.15) is 36.5 Å². The average Bonchev–Trinajstić information content (AvgIpc) is 2.52. The number of piperidine rings is 1. The first-order chi connectivity index (χ1) is 10.5. The summed E-state index contributed by atoms with van der Waals surface area (Å²) >= 11 is 0. The average molecular weight is 311 g/mol. The van der Waals surface area contributed by atoms with Crippen LogP contribution in [0.25, 0.3) is 0 Å². The van der Waals surface area contributed by atoms with Crippen LogP contribution in [0.15, 0.2) is 18.2 Å². The van der Waals surface area contributed by atoms with Crippen molar-refractivity contribution in [1.29, 1.82) is 0 Å². The molecule has 0 aliphatic carbocycles. The minimum absolute atomic E-state index is 0.145. The smallest absolute Gasteiger partial charge is 0.309 e. The lowest BCUT2D eigenvalue weighted by Gasteiger charge is -2.31. The second kappa shape index (κ2) is 7.33. The molecule has 0 atom stereocenters. The van der Waals surface area contributed by atoms with Crippen molar-refractivity contribution in [3.05, 3.63) is 35.4 Å². The third kappa shape index (κ3) is 3.81. The van der Waals surface area contributed by atoms with E-state index in [9.17, 15) is 18.4 Å². The van der Waals surface area contributed by atoms with Crippen LogP contribution in [0, 0.1) is 17.6 Å². The number of rotatable bonds is 4. The number of carbonyl (C=O) groups is 2. The van der Waals surface area contributed by atoms with E-state index in [0.29, 0.717) is 38.6 Å². The highest BCUT2D eigenvalue weighted by molar-refractivity contribution is 5.94. The lowest BCUT2D eigenvalue weighted by molar-refractivity contribution is -0.150. The van der Waals surface area contributed by atoms with Gasteiger partial charge in [-0.25, -0.2) is 8.78 Å². The van der Waals surface area contributed by atoms with E-state index in [4.69, 9.17) is 4.74 Å². The second-order valence-corrected chi connectivity index (χ2v) is 5.36. The van der Waals surface area contributed by atoms with Crippen LogP contribution >= 0.6 is 0 Å². The molecule has 1 aromatic carbocycles. The summed E-state index contributed by atoms with van der Waals surface area (Å²) in [6.07, 6.45) is 1.76. The summed E-state index contributed by atoms with van der Waals surface area (Å²) < 4.78 is 31.6. The van der Waals surface area contributed by atoms with Gasteiger partial charge in [-0.05, 0) is 31.4 Å². The Morgan fingerprint density at radius 3 is 2.55 bits per heavy atom. The fraction of sp³-hybridized carbons (Fsp3) is 0.500. The molecule has 6 heteroatoms. The molecule has 1 aliphatic heterocycles. The van der Waals surface area contributed by atoms with Crippen molar-refractivity contribution in [2.45, 2.75) is 26.2 Å². The van der Waals surface area contributed by atoms with Gasteiger partial charge in [-0.3, -0.25) is 9.59 Å². The van der Waals surface area contributed by atoms with Crippen LogP contribution in [-0.2, 0) is 9.53 Å². The van der Waals surface area contributed by atoms with Crippen LogP contribution in [0.2, 0.25) is 0 Å². The molecular formula is C16H19F2NO3. The Morgan fingerprint density at radius 1 is 1.27 bits per heavy atom. The third-order valence-corrected chi connectivity index (χ3v) is 3.73. The number of carbonyl (C=O) groups excluding carboxylic acids is 2. The van der Waals surface area contributed by atoms with Crippen molar-refractivity contribution < 1.29 is 23.1 Å². The van der Waals surface area contributed by atoms with E-state index in [1.807, 2.05) is 6.92 Å². The molecule has 1 saturated heterocycles. The standard InChI is InChI=1S/C16H19F2NO3/c1-2-9-22-16(21)11-5-7-19(8-6-11)15(20)13-4-3-12(17)10-14(13)18/h3-4,10-11H,2,5-9H2,1H3. The molecule has 0 N–H and O–H groups in total. The number of amides is 1. The molecule has 0 bridgehead atoms. The van der Waals surface area contributed by atoms with Crippen molar-refractivity contribution in [2.24, 2.45) is 5.92 Å². The Balaban J connectivity index is 1.93. The molecule has 1 amide bonds. The summed E-state index contributed by atoms with van der Waals surface area (Å²) in [7, 11) is 0. The molecule has 0 saturated carbocycles. The minimum Gasteiger partial charge on any atom is -0.465 e. The van der Waals surface area contributed by atoms with Crippen LogP contribution in [0.5, 0.6) is 0 Å². The van der Waals surface area contributed by atoms with E-state index >= 15 is 0 Å². The first-order valence-electron chi connectivity index (χ1n) is 7.44. The quantitative estimate of drug-likeness (QED) is 0.803. The summed E-state index contributed by atoms with van der Waals surface area (Å²) in [5, 5.41) is 0. The van der Waals surface area contributed by atoms with Gasteiger partial charge >= 0.3 is 5.97 Å². The summed E-state index contributed by atoms with van der Waals surface area (Å²) in [6.45, 7) is 3.05. The van der Waals surface area contributed by atoms with Crippen molar-refractivity contribution in [2.75, 3.05) is 19.7 Å². The van der Waals surface area contributed by atoms with Crippen LogP contribution < -0.4 is 0 Å². The molecule has 0 unspecified atom stereocenters. The van der Waals surface area contributed by atoms with Gasteiger partial charge < -0.3 is 9.64 Å². The molecular weight excluding hydrogens is 292 g/mol. The zero-order valence-electron chi connectivity index (χ0n) is 12.5. The molecule has 1 aliphatic rings. The normalized spacial score (nSPS) is 15.7. The van der Waals surface area contributed by atoms with Crippen molar-refractivity contribution in [3.8, 4) is 0 Å². The van der Waals surface area contributed by atoms with E-state index in [1.54, 1.807) is 0 Å². The van der Waals surface area contributed by atoms with Gasteiger partial charge in [0, 0.05) is 19.2 Å². The maximum atomic E-state index is 13.6. The number of halogens is 2. The van der Waals surface area contributed by atoms with E-state index in [0.717, 1.165) is 18.6 Å². The van der Waals surface area contributed by atoms with Gasteiger partial charge in [-0.2, -0.15) is 0 Å². The molecule has 0 radical (unpaired) electrons. The van der Waals surface area contributed by atoms with E-state index in [2.05, 4.69) is 0 Å². The van der Waals surface area contributed by atoms with E-state index in [1.165, 1.54) is 4.90 Å². The highest BCUT2D eigenvalue weighted by Crippen LogP contribution is 2.21. The molecule has 0 spiro atoms. The van der Waals surface area contributed by atoms with Crippen molar-refractivity contribution in [3.63, 3.8) is 0 Å². The molecule has 0 aromatic heterocycles. The van der Waals surface area contributed by atoms with Gasteiger partial charge in [-0.1, -0.05) is 6.92 Å². The fourth-order valence-electron chi connectivity index (χ4n) is 2.47. The highest BCUT2D eigenvalue weighted by atomic mass is 19.1. The number of likely N-dealkylation sites (tertiary alicyclic amines) is 1. The van der Waals surface area contributed by atoms with Gasteiger partial charge in [0.25, 0.3) is 5.91 Å². The predicted molar refractivity (Wildman–Crippen MR) is 76.2 cm³/mol. The maximum Gasteiger partial charge on any atom is 0.309 e. The van der Waals surface area contributed by atoms with E-state index in [-0.39, 0.29) is 17.5 Å². The molecule has 2 rings (SSSR count). The Bertz CT molecular complexity index is 554. The van der Waals surface area contributed by atoms with Crippen LogP contribution in [0.3, 0.4) is 0 Å². The number of nitrogens with zero attached hydrogens (tertiary/aromatic N) is 1. The predicted octanol–water partition coefficient (Wildman–Crippen LogP) is 2.77. The molecule has 1 aromatic rings. The lowest BCUT2D eigenvalue weighted by atomic mass is 9.96. The summed E-state index contributed by atoms with van der Waals surface area (Å²) in [6, 6.07) is 2.90. The van der Waals surface area contributed by atoms with Crippen LogP contribution in [0.4, 0.5) is 8.78 Å². The molecule has 1 fully saturated rings. The molecule has 4 nitrogen and oxygen atoms in total. The van der Waals surface area contributed by atoms with Gasteiger partial charge in [-0.15, -0.1) is 0 Å². The van der Waals surface area contributed by atoms with Gasteiger partial charge in [0.1, 0.15) is 11.6 Å². The topological polar surface area (TPSA) is 46.6 Å². The Labute approximate surface area is 128 Å². The minimum atomic E-state index is -0.866. The number of benzene rings is 1. The Morgan fingerprint density at radius 2 is 1.95 bits per heavy atom. The molecule has 120 valence electrons. The Hall–Kier alpha value is -1.98. The second-order valence-electron chi connectivity index (χ2n) is 5.36. The van der Waals surface area contributed by atoms with Crippen molar-refractivity contribution in [1.82, 2.24) is 4.90 Å². The van der Waals surface area contributed by atoms with Gasteiger partial charge in [0.15, 0.2) is 0 Å². The highest BCUT2D eigenvalue weighted by Gasteiger charge is 2.29. The number of hydrogen-bond acceptors (Lipinski definition) is 3. The first kappa shape index (κ1) is 16.4. The summed E-state index contributed by atoms with van der Waals surface area (Å²) in [5.41, 5.74) is -0.145. The molecule has 22 heavy (non-hydrogen) atoms. The SMILES string of the molecule is CCCOC(=O)C1CCN(C(=O)c2ccc(F)cc2F)CC1. The van der Waals surface area contributed by atoms with Gasteiger partial charge in [0.2, 0.25) is 0 Å². The Kier molecular flexibility index (Phi) is 5.46. The number of esters is 1. The summed E-state index contributed by atoms with van der Waals surface area (Å²) in [4.78, 5) is 25.5. The number of hydrogen-bond donors (Lipinski definition) is 0. The van der Waals surface area contributed by atoms with Gasteiger partial charge in [0.05, 0.1) is 18.1 Å². The van der Waals surface area contributed by atoms with E-state index < -0.39 is 17.5 Å². The zero-order chi connectivity index (χ0) is 16.1. The maximum absolute atomic E-state index is 13.6. The fourth-order valence-corrected chi connectivity index (χ4v) is 2.47. The lowest BCUT2D eigenvalue weighted by Crippen LogP contribution is -2.41. The van der Waals surface area contributed by atoms with Crippen LogP contribution in [-0.4, -0.2) is 36.5 Å². The number of ether oxygens (including phenoxy) is 1. The first-order valence-corrected chi connectivity index (χ1v) is 7.44. The van der Waals surface area contributed by atoms with Crippen molar-refractivity contribution >= 4 is 11.9 Å². The largest absolute Gasteiger partial charge is 0.465 e.